The number of amides is 1. The van der Waals surface area contributed by atoms with Gasteiger partial charge in [-0.2, -0.15) is 0 Å². The van der Waals surface area contributed by atoms with Crippen LogP contribution >= 0.6 is 55.8 Å². The maximum Gasteiger partial charge on any atom is 0.266 e. The maximum absolute atomic E-state index is 11.7. The molecule has 0 radical (unpaired) electrons. The van der Waals surface area contributed by atoms with E-state index in [9.17, 15) is 4.79 Å². The molecule has 0 N–H and O–H groups in total. The third-order valence-corrected chi connectivity index (χ3v) is 5.12. The van der Waals surface area contributed by atoms with Crippen molar-refractivity contribution in [2.45, 2.75) is 0 Å². The van der Waals surface area contributed by atoms with Crippen molar-refractivity contribution >= 4 is 72.1 Å². The first-order valence-corrected chi connectivity index (χ1v) is 6.96. The van der Waals surface area contributed by atoms with Crippen LogP contribution in [0.5, 0.6) is 0 Å². The first-order valence-electron chi connectivity index (χ1n) is 4.15. The fourth-order valence-electron chi connectivity index (χ4n) is 1.11. The normalized spacial score (nSPS) is 18.9. The molecule has 0 bridgehead atoms. The number of thiocarbonyl (C=S) groups is 1. The van der Waals surface area contributed by atoms with Crippen molar-refractivity contribution in [3.05, 3.63) is 25.9 Å². The van der Waals surface area contributed by atoms with E-state index in [4.69, 9.17) is 16.6 Å². The van der Waals surface area contributed by atoms with Crippen LogP contribution in [0, 0.1) is 0 Å². The van der Waals surface area contributed by atoms with E-state index in [0.29, 0.717) is 19.7 Å². The van der Waals surface area contributed by atoms with Gasteiger partial charge in [-0.3, -0.25) is 9.69 Å². The predicted octanol–water partition coefficient (Wildman–Crippen LogP) is 3.64. The molecule has 7 heteroatoms. The largest absolute Gasteiger partial charge is 0.449 e. The highest BCUT2D eigenvalue weighted by atomic mass is 79.9. The molecule has 1 fully saturated rings. The van der Waals surface area contributed by atoms with Gasteiger partial charge >= 0.3 is 0 Å². The van der Waals surface area contributed by atoms with Crippen molar-refractivity contribution in [3.8, 4) is 0 Å². The minimum absolute atomic E-state index is 0.0985. The molecule has 0 aromatic carbocycles. The Morgan fingerprint density at radius 2 is 2.25 bits per heavy atom. The second-order valence-electron chi connectivity index (χ2n) is 3.01. The van der Waals surface area contributed by atoms with E-state index in [1.165, 1.54) is 16.7 Å². The van der Waals surface area contributed by atoms with Crippen molar-refractivity contribution in [2.75, 3.05) is 7.05 Å². The first kappa shape index (κ1) is 12.3. The number of halogens is 2. The Morgan fingerprint density at radius 1 is 1.56 bits per heavy atom. The van der Waals surface area contributed by atoms with Gasteiger partial charge in [-0.25, -0.2) is 0 Å². The fraction of sp³-hybridized carbons (Fsp3) is 0.111. The second kappa shape index (κ2) is 4.64. The lowest BCUT2D eigenvalue weighted by Gasteiger charge is -2.03. The standard InChI is InChI=1S/C9H5Br2NO2S2/c1-12-8(13)6(16-9(12)15)3-4-2-5(10)7(11)14-4/h2-3H,1H3. The van der Waals surface area contributed by atoms with Gasteiger partial charge in [-0.1, -0.05) is 24.0 Å². The number of hydrogen-bond acceptors (Lipinski definition) is 4. The molecule has 0 atom stereocenters. The zero-order valence-corrected chi connectivity index (χ0v) is 12.8. The molecular weight excluding hydrogens is 378 g/mol. The molecule has 84 valence electrons. The fourth-order valence-corrected chi connectivity index (χ4v) is 2.88. The number of carbonyl (C=O) groups excluding carboxylic acids is 1. The van der Waals surface area contributed by atoms with Gasteiger partial charge < -0.3 is 4.42 Å². The summed E-state index contributed by atoms with van der Waals surface area (Å²) >= 11 is 12.8. The molecule has 0 unspecified atom stereocenters. The minimum atomic E-state index is -0.0985. The van der Waals surface area contributed by atoms with Crippen LogP contribution in [0.25, 0.3) is 6.08 Å². The number of hydrogen-bond donors (Lipinski definition) is 0. The highest BCUT2D eigenvalue weighted by Crippen LogP contribution is 2.33. The summed E-state index contributed by atoms with van der Waals surface area (Å²) in [6.45, 7) is 0. The third-order valence-electron chi connectivity index (χ3n) is 1.92. The summed E-state index contributed by atoms with van der Waals surface area (Å²) in [5.74, 6) is 0.506. The van der Waals surface area contributed by atoms with Gasteiger partial charge in [0.1, 0.15) is 10.1 Å². The summed E-state index contributed by atoms with van der Waals surface area (Å²) in [4.78, 5) is 13.7. The highest BCUT2D eigenvalue weighted by Gasteiger charge is 2.29. The zero-order chi connectivity index (χ0) is 11.9. The van der Waals surface area contributed by atoms with Gasteiger partial charge in [-0.05, 0) is 37.9 Å². The Balaban J connectivity index is 2.32. The van der Waals surface area contributed by atoms with Crippen molar-refractivity contribution < 1.29 is 9.21 Å². The molecule has 0 saturated carbocycles. The summed E-state index contributed by atoms with van der Waals surface area (Å²) in [5.41, 5.74) is 0. The Hall–Kier alpha value is -0.110. The molecule has 2 rings (SSSR count). The van der Waals surface area contributed by atoms with E-state index < -0.39 is 0 Å². The van der Waals surface area contributed by atoms with Crippen LogP contribution in [-0.2, 0) is 4.79 Å². The topological polar surface area (TPSA) is 33.5 Å². The van der Waals surface area contributed by atoms with E-state index in [0.717, 1.165) is 4.47 Å². The van der Waals surface area contributed by atoms with Gasteiger partial charge in [-0.15, -0.1) is 0 Å². The number of rotatable bonds is 1. The molecule has 1 aromatic rings. The quantitative estimate of drug-likeness (QED) is 0.548. The number of furan rings is 1. The van der Waals surface area contributed by atoms with Crippen molar-refractivity contribution in [3.63, 3.8) is 0 Å². The van der Waals surface area contributed by atoms with Gasteiger partial charge in [0.05, 0.1) is 9.38 Å². The van der Waals surface area contributed by atoms with E-state index in [2.05, 4.69) is 31.9 Å². The molecule has 1 aliphatic heterocycles. The highest BCUT2D eigenvalue weighted by molar-refractivity contribution is 9.13. The van der Waals surface area contributed by atoms with Gasteiger partial charge in [0, 0.05) is 13.1 Å². The Kier molecular flexibility index (Phi) is 3.58. The molecule has 3 nitrogen and oxygen atoms in total. The average Bonchev–Trinajstić information content (AvgIpc) is 2.64. The Bertz CT molecular complexity index is 490. The lowest BCUT2D eigenvalue weighted by Crippen LogP contribution is -2.22. The van der Waals surface area contributed by atoms with Gasteiger partial charge in [0.25, 0.3) is 5.91 Å². The van der Waals surface area contributed by atoms with E-state index in [-0.39, 0.29) is 5.91 Å². The van der Waals surface area contributed by atoms with Crippen LogP contribution in [0.2, 0.25) is 0 Å². The molecule has 16 heavy (non-hydrogen) atoms. The third kappa shape index (κ3) is 2.27. The van der Waals surface area contributed by atoms with Crippen molar-refractivity contribution in [2.24, 2.45) is 0 Å². The Labute approximate surface area is 118 Å². The SMILES string of the molecule is CN1C(=O)C(=Cc2cc(Br)c(Br)o2)SC1=S. The molecular formula is C9H5Br2NO2S2. The lowest BCUT2D eigenvalue weighted by molar-refractivity contribution is -0.121. The molecule has 1 saturated heterocycles. The molecule has 0 spiro atoms. The molecule has 1 aliphatic rings. The average molecular weight is 383 g/mol. The van der Waals surface area contributed by atoms with Crippen LogP contribution in [-0.4, -0.2) is 22.2 Å². The van der Waals surface area contributed by atoms with Crippen LogP contribution < -0.4 is 0 Å². The van der Waals surface area contributed by atoms with E-state index in [1.807, 2.05) is 0 Å². The molecule has 0 aliphatic carbocycles. The van der Waals surface area contributed by atoms with E-state index in [1.54, 1.807) is 19.2 Å². The number of thioether (sulfide) groups is 1. The summed E-state index contributed by atoms with van der Waals surface area (Å²) < 4.78 is 7.33. The van der Waals surface area contributed by atoms with Crippen molar-refractivity contribution in [1.82, 2.24) is 4.90 Å². The smallest absolute Gasteiger partial charge is 0.266 e. The monoisotopic (exact) mass is 381 g/mol. The predicted molar refractivity (Wildman–Crippen MR) is 75.0 cm³/mol. The van der Waals surface area contributed by atoms with E-state index >= 15 is 0 Å². The van der Waals surface area contributed by atoms with Gasteiger partial charge in [0.2, 0.25) is 0 Å². The molecule has 2 heterocycles. The van der Waals surface area contributed by atoms with Crippen LogP contribution in [0.3, 0.4) is 0 Å². The molecule has 1 aromatic heterocycles. The zero-order valence-electron chi connectivity index (χ0n) is 7.99. The number of likely N-dealkylation sites (N-methyl/N-ethyl adjacent to an activating group) is 1. The summed E-state index contributed by atoms with van der Waals surface area (Å²) in [6.07, 6.45) is 1.68. The van der Waals surface area contributed by atoms with Crippen molar-refractivity contribution in [1.29, 1.82) is 0 Å². The second-order valence-corrected chi connectivity index (χ2v) is 6.26. The lowest BCUT2D eigenvalue weighted by atomic mass is 10.4. The Morgan fingerprint density at radius 3 is 2.69 bits per heavy atom. The van der Waals surface area contributed by atoms with Crippen LogP contribution in [0.15, 0.2) is 24.5 Å². The first-order chi connectivity index (χ1) is 7.49. The molecule has 1 amide bonds. The summed E-state index contributed by atoms with van der Waals surface area (Å²) in [5, 5.41) is 0. The summed E-state index contributed by atoms with van der Waals surface area (Å²) in [6, 6.07) is 1.78. The number of nitrogens with zero attached hydrogens (tertiary/aromatic N) is 1. The van der Waals surface area contributed by atoms with Crippen LogP contribution in [0.1, 0.15) is 5.76 Å². The van der Waals surface area contributed by atoms with Crippen LogP contribution in [0.4, 0.5) is 0 Å². The minimum Gasteiger partial charge on any atom is -0.449 e. The van der Waals surface area contributed by atoms with Gasteiger partial charge in [0.15, 0.2) is 4.67 Å². The summed E-state index contributed by atoms with van der Waals surface area (Å²) in [7, 11) is 1.66. The number of carbonyl (C=O) groups is 1. The maximum atomic E-state index is 11.7.